The van der Waals surface area contributed by atoms with E-state index in [-0.39, 0.29) is 22.8 Å². The largest absolute Gasteiger partial charge is 0.374 e. The molecule has 20 heavy (non-hydrogen) atoms. The third-order valence-electron chi connectivity index (χ3n) is 4.01. The normalized spacial score (nSPS) is 26.1. The molecule has 1 saturated heterocycles. The first-order valence-corrected chi connectivity index (χ1v) is 7.64. The first-order valence-electron chi connectivity index (χ1n) is 6.85. The second-order valence-electron chi connectivity index (χ2n) is 5.21. The summed E-state index contributed by atoms with van der Waals surface area (Å²) in [5.74, 6) is 0.471. The SMILES string of the molecule is O=[N+]([O-])c1cc(Br)cnc1N1CCOC2CCCCC21. The van der Waals surface area contributed by atoms with Crippen LogP contribution in [0.3, 0.4) is 0 Å². The maximum Gasteiger partial charge on any atom is 0.312 e. The van der Waals surface area contributed by atoms with Crippen molar-refractivity contribution in [2.45, 2.75) is 37.8 Å². The van der Waals surface area contributed by atoms with Crippen LogP contribution in [0.4, 0.5) is 11.5 Å². The third kappa shape index (κ3) is 2.52. The Morgan fingerprint density at radius 2 is 2.25 bits per heavy atom. The summed E-state index contributed by atoms with van der Waals surface area (Å²) >= 11 is 3.25. The number of pyridine rings is 1. The van der Waals surface area contributed by atoms with Gasteiger partial charge in [-0.25, -0.2) is 4.98 Å². The number of hydrogen-bond donors (Lipinski definition) is 0. The minimum Gasteiger partial charge on any atom is -0.374 e. The maximum absolute atomic E-state index is 11.3. The fourth-order valence-electron chi connectivity index (χ4n) is 3.14. The minimum absolute atomic E-state index is 0.0607. The molecule has 108 valence electrons. The Morgan fingerprint density at radius 1 is 1.45 bits per heavy atom. The number of rotatable bonds is 2. The van der Waals surface area contributed by atoms with Gasteiger partial charge in [0.2, 0.25) is 5.82 Å². The average Bonchev–Trinajstić information content (AvgIpc) is 2.46. The van der Waals surface area contributed by atoms with E-state index < -0.39 is 0 Å². The van der Waals surface area contributed by atoms with Crippen molar-refractivity contribution >= 4 is 27.4 Å². The van der Waals surface area contributed by atoms with Gasteiger partial charge in [0.15, 0.2) is 0 Å². The van der Waals surface area contributed by atoms with Gasteiger partial charge in [0.05, 0.1) is 23.7 Å². The van der Waals surface area contributed by atoms with Gasteiger partial charge in [0, 0.05) is 23.3 Å². The standard InChI is InChI=1S/C13H16BrN3O3/c14-9-7-11(17(18)19)13(15-8-9)16-5-6-20-12-4-2-1-3-10(12)16/h7-8,10,12H,1-6H2. The van der Waals surface area contributed by atoms with E-state index in [1.807, 2.05) is 0 Å². The van der Waals surface area contributed by atoms with Gasteiger partial charge in [-0.15, -0.1) is 0 Å². The number of ether oxygens (including phenoxy) is 1. The molecule has 2 aliphatic rings. The molecule has 0 amide bonds. The molecule has 1 aliphatic heterocycles. The summed E-state index contributed by atoms with van der Waals surface area (Å²) in [5.41, 5.74) is 0.0607. The van der Waals surface area contributed by atoms with E-state index >= 15 is 0 Å². The highest BCUT2D eigenvalue weighted by molar-refractivity contribution is 9.10. The van der Waals surface area contributed by atoms with E-state index in [2.05, 4.69) is 25.8 Å². The summed E-state index contributed by atoms with van der Waals surface area (Å²) in [6.07, 6.45) is 6.17. The molecule has 2 unspecified atom stereocenters. The molecule has 0 spiro atoms. The van der Waals surface area contributed by atoms with Gasteiger partial charge < -0.3 is 9.64 Å². The van der Waals surface area contributed by atoms with Crippen LogP contribution in [0.2, 0.25) is 0 Å². The predicted molar refractivity (Wildman–Crippen MR) is 77.9 cm³/mol. The lowest BCUT2D eigenvalue weighted by atomic mass is 9.90. The Labute approximate surface area is 125 Å². The van der Waals surface area contributed by atoms with E-state index in [1.165, 1.54) is 12.5 Å². The van der Waals surface area contributed by atoms with E-state index in [0.717, 1.165) is 19.3 Å². The van der Waals surface area contributed by atoms with Gasteiger partial charge in [0.1, 0.15) is 0 Å². The van der Waals surface area contributed by atoms with Crippen molar-refractivity contribution in [1.29, 1.82) is 0 Å². The van der Waals surface area contributed by atoms with Crippen LogP contribution in [0.25, 0.3) is 0 Å². The van der Waals surface area contributed by atoms with Crippen molar-refractivity contribution in [1.82, 2.24) is 4.98 Å². The summed E-state index contributed by atoms with van der Waals surface area (Å²) in [6, 6.07) is 1.74. The Kier molecular flexibility index (Phi) is 3.89. The molecule has 2 fully saturated rings. The van der Waals surface area contributed by atoms with Gasteiger partial charge in [-0.1, -0.05) is 12.8 Å². The zero-order valence-corrected chi connectivity index (χ0v) is 12.6. The first kappa shape index (κ1) is 13.8. The zero-order valence-electron chi connectivity index (χ0n) is 11.0. The highest BCUT2D eigenvalue weighted by Gasteiger charge is 2.37. The lowest BCUT2D eigenvalue weighted by Gasteiger charge is -2.44. The molecule has 1 aromatic rings. The topological polar surface area (TPSA) is 68.5 Å². The summed E-state index contributed by atoms with van der Waals surface area (Å²) in [7, 11) is 0. The van der Waals surface area contributed by atoms with Gasteiger partial charge >= 0.3 is 5.69 Å². The van der Waals surface area contributed by atoms with Crippen molar-refractivity contribution < 1.29 is 9.66 Å². The smallest absolute Gasteiger partial charge is 0.312 e. The van der Waals surface area contributed by atoms with Gasteiger partial charge in [-0.3, -0.25) is 10.1 Å². The molecule has 0 aromatic carbocycles. The van der Waals surface area contributed by atoms with Crippen molar-refractivity contribution in [3.63, 3.8) is 0 Å². The lowest BCUT2D eigenvalue weighted by Crippen LogP contribution is -2.53. The molecule has 6 nitrogen and oxygen atoms in total. The molecule has 7 heteroatoms. The maximum atomic E-state index is 11.3. The van der Waals surface area contributed by atoms with E-state index in [4.69, 9.17) is 4.74 Å². The average molecular weight is 342 g/mol. The van der Waals surface area contributed by atoms with Crippen LogP contribution in [0.1, 0.15) is 25.7 Å². The Morgan fingerprint density at radius 3 is 3.05 bits per heavy atom. The molecular weight excluding hydrogens is 326 g/mol. The fraction of sp³-hybridized carbons (Fsp3) is 0.615. The second-order valence-corrected chi connectivity index (χ2v) is 6.12. The first-order chi connectivity index (χ1) is 9.66. The number of morpholine rings is 1. The van der Waals surface area contributed by atoms with Crippen LogP contribution in [-0.2, 0) is 4.74 Å². The molecule has 1 aliphatic carbocycles. The predicted octanol–water partition coefficient (Wildman–Crippen LogP) is 2.90. The zero-order chi connectivity index (χ0) is 14.1. The van der Waals surface area contributed by atoms with E-state index in [1.54, 1.807) is 6.20 Å². The molecule has 0 radical (unpaired) electrons. The molecule has 0 N–H and O–H groups in total. The number of nitro groups is 1. The molecule has 2 heterocycles. The van der Waals surface area contributed by atoms with Crippen LogP contribution < -0.4 is 4.90 Å². The summed E-state index contributed by atoms with van der Waals surface area (Å²) in [5, 5.41) is 11.3. The summed E-state index contributed by atoms with van der Waals surface area (Å²) in [4.78, 5) is 17.3. The Balaban J connectivity index is 1.96. The Bertz CT molecular complexity index is 524. The number of halogens is 1. The lowest BCUT2D eigenvalue weighted by molar-refractivity contribution is -0.384. The van der Waals surface area contributed by atoms with Crippen molar-refractivity contribution in [2.24, 2.45) is 0 Å². The molecule has 1 saturated carbocycles. The van der Waals surface area contributed by atoms with Crippen LogP contribution in [-0.4, -0.2) is 35.2 Å². The van der Waals surface area contributed by atoms with Crippen LogP contribution in [0.5, 0.6) is 0 Å². The van der Waals surface area contributed by atoms with Crippen LogP contribution in [0, 0.1) is 10.1 Å². The van der Waals surface area contributed by atoms with Crippen molar-refractivity contribution in [2.75, 3.05) is 18.1 Å². The quantitative estimate of drug-likeness (QED) is 0.611. The van der Waals surface area contributed by atoms with E-state index in [0.29, 0.717) is 23.4 Å². The highest BCUT2D eigenvalue weighted by atomic mass is 79.9. The van der Waals surface area contributed by atoms with Crippen molar-refractivity contribution in [3.8, 4) is 0 Å². The number of nitrogens with zero attached hydrogens (tertiary/aromatic N) is 3. The molecule has 0 bridgehead atoms. The minimum atomic E-state index is -0.361. The van der Waals surface area contributed by atoms with Gasteiger partial charge in [-0.05, 0) is 28.8 Å². The van der Waals surface area contributed by atoms with E-state index in [9.17, 15) is 10.1 Å². The number of fused-ring (bicyclic) bond motifs is 1. The monoisotopic (exact) mass is 341 g/mol. The molecule has 2 atom stereocenters. The second kappa shape index (κ2) is 5.65. The summed E-state index contributed by atoms with van der Waals surface area (Å²) < 4.78 is 6.44. The number of anilines is 1. The third-order valence-corrected chi connectivity index (χ3v) is 4.45. The van der Waals surface area contributed by atoms with Gasteiger partial charge in [0.25, 0.3) is 0 Å². The Hall–Kier alpha value is -1.21. The molecule has 3 rings (SSSR count). The fourth-order valence-corrected chi connectivity index (χ4v) is 3.46. The number of hydrogen-bond acceptors (Lipinski definition) is 5. The highest BCUT2D eigenvalue weighted by Crippen LogP contribution is 2.36. The van der Waals surface area contributed by atoms with Crippen molar-refractivity contribution in [3.05, 3.63) is 26.9 Å². The molecule has 1 aromatic heterocycles. The summed E-state index contributed by atoms with van der Waals surface area (Å²) in [6.45, 7) is 1.27. The van der Waals surface area contributed by atoms with Gasteiger partial charge in [-0.2, -0.15) is 0 Å². The number of aromatic nitrogens is 1. The molecular formula is C13H16BrN3O3. The van der Waals surface area contributed by atoms with Crippen LogP contribution >= 0.6 is 15.9 Å². The van der Waals surface area contributed by atoms with Crippen LogP contribution in [0.15, 0.2) is 16.7 Å².